The van der Waals surface area contributed by atoms with Crippen LogP contribution in [0.3, 0.4) is 0 Å². The zero-order valence-electron chi connectivity index (χ0n) is 12.2. The first-order chi connectivity index (χ1) is 10.3. The van der Waals surface area contributed by atoms with Gasteiger partial charge in [-0.25, -0.2) is 0 Å². The van der Waals surface area contributed by atoms with Crippen molar-refractivity contribution >= 4 is 0 Å². The van der Waals surface area contributed by atoms with Crippen molar-refractivity contribution in [2.45, 2.75) is 12.2 Å². The number of ether oxygens (including phenoxy) is 3. The number of benzene rings is 1. The minimum Gasteiger partial charge on any atom is -0.497 e. The molecule has 1 saturated heterocycles. The third-order valence-electron chi connectivity index (χ3n) is 3.92. The van der Waals surface area contributed by atoms with Gasteiger partial charge >= 0.3 is 0 Å². The van der Waals surface area contributed by atoms with E-state index in [9.17, 15) is 5.11 Å². The molecule has 2 N–H and O–H groups in total. The number of fused-ring (bicyclic) bond motifs is 1. The molecule has 1 aromatic carbocycles. The van der Waals surface area contributed by atoms with Gasteiger partial charge in [-0.1, -0.05) is 0 Å². The maximum Gasteiger partial charge on any atom is 0.165 e. The molecule has 2 aliphatic heterocycles. The van der Waals surface area contributed by atoms with E-state index in [0.717, 1.165) is 31.9 Å². The van der Waals surface area contributed by atoms with E-state index < -0.39 is 6.10 Å². The molecule has 2 atom stereocenters. The van der Waals surface area contributed by atoms with E-state index in [4.69, 9.17) is 14.2 Å². The second-order valence-electron chi connectivity index (χ2n) is 5.40. The predicted molar refractivity (Wildman–Crippen MR) is 78.2 cm³/mol. The van der Waals surface area contributed by atoms with Gasteiger partial charge in [-0.3, -0.25) is 4.90 Å². The third-order valence-corrected chi connectivity index (χ3v) is 3.92. The van der Waals surface area contributed by atoms with Gasteiger partial charge < -0.3 is 24.6 Å². The molecule has 0 radical (unpaired) electrons. The van der Waals surface area contributed by atoms with E-state index in [1.54, 1.807) is 13.2 Å². The highest BCUT2D eigenvalue weighted by Gasteiger charge is 2.29. The minimum absolute atomic E-state index is 0.333. The third kappa shape index (κ3) is 3.40. The van der Waals surface area contributed by atoms with Gasteiger partial charge in [-0.2, -0.15) is 0 Å². The number of nitrogens with one attached hydrogen (secondary N) is 1. The van der Waals surface area contributed by atoms with Crippen molar-refractivity contribution in [1.82, 2.24) is 10.2 Å². The van der Waals surface area contributed by atoms with E-state index in [1.165, 1.54) is 0 Å². The van der Waals surface area contributed by atoms with E-state index >= 15 is 0 Å². The number of methoxy groups -OCH3 is 1. The molecule has 0 amide bonds. The van der Waals surface area contributed by atoms with Crippen molar-refractivity contribution in [2.75, 3.05) is 46.4 Å². The van der Waals surface area contributed by atoms with Gasteiger partial charge in [0.05, 0.1) is 7.11 Å². The van der Waals surface area contributed by atoms with Crippen LogP contribution in [0.1, 0.15) is 0 Å². The summed E-state index contributed by atoms with van der Waals surface area (Å²) in [6.45, 7) is 4.82. The smallest absolute Gasteiger partial charge is 0.165 e. The van der Waals surface area contributed by atoms with Crippen LogP contribution >= 0.6 is 0 Å². The number of nitrogens with zero attached hydrogens (tertiary/aromatic N) is 1. The molecule has 2 heterocycles. The van der Waals surface area contributed by atoms with E-state index in [0.29, 0.717) is 24.7 Å². The number of aliphatic hydroxyl groups excluding tert-OH is 1. The van der Waals surface area contributed by atoms with Crippen molar-refractivity contribution in [1.29, 1.82) is 0 Å². The van der Waals surface area contributed by atoms with Crippen LogP contribution in [0, 0.1) is 0 Å². The Morgan fingerprint density at radius 1 is 1.38 bits per heavy atom. The van der Waals surface area contributed by atoms with Crippen LogP contribution in [0.4, 0.5) is 0 Å². The molecule has 0 spiro atoms. The number of hydrogen-bond donors (Lipinski definition) is 2. The van der Waals surface area contributed by atoms with Gasteiger partial charge in [0.2, 0.25) is 0 Å². The lowest BCUT2D eigenvalue weighted by Gasteiger charge is -2.34. The molecule has 6 heteroatoms. The Balaban J connectivity index is 1.59. The summed E-state index contributed by atoms with van der Waals surface area (Å²) >= 11 is 0. The Labute approximate surface area is 124 Å². The lowest BCUT2D eigenvalue weighted by Crippen LogP contribution is -2.51. The quantitative estimate of drug-likeness (QED) is 0.821. The summed E-state index contributed by atoms with van der Waals surface area (Å²) in [5, 5.41) is 13.7. The van der Waals surface area contributed by atoms with Crippen molar-refractivity contribution in [3.63, 3.8) is 0 Å². The second kappa shape index (κ2) is 6.51. The highest BCUT2D eigenvalue weighted by atomic mass is 16.6. The Kier molecular flexibility index (Phi) is 4.48. The fourth-order valence-corrected chi connectivity index (χ4v) is 2.66. The van der Waals surface area contributed by atoms with Crippen LogP contribution < -0.4 is 19.5 Å². The molecule has 0 bridgehead atoms. The molecule has 1 aromatic rings. The molecular weight excluding hydrogens is 272 g/mol. The van der Waals surface area contributed by atoms with E-state index in [1.807, 2.05) is 12.1 Å². The fraction of sp³-hybridized carbons (Fsp3) is 0.600. The van der Waals surface area contributed by atoms with Crippen LogP contribution in [0.5, 0.6) is 17.2 Å². The lowest BCUT2D eigenvalue weighted by molar-refractivity contribution is -0.0266. The predicted octanol–water partition coefficient (Wildman–Crippen LogP) is 0.101. The molecule has 2 aliphatic rings. The zero-order chi connectivity index (χ0) is 14.7. The topological polar surface area (TPSA) is 63.2 Å². The number of β-amino-alcohol motifs (C(OH)–C–C–N with tert-alkyl or cyclic N) is 1. The average molecular weight is 294 g/mol. The first kappa shape index (κ1) is 14.4. The SMILES string of the molecule is COc1ccc2c(c1)OCC(C(O)CN1CCNCC1)O2. The maximum absolute atomic E-state index is 10.4. The van der Waals surface area contributed by atoms with Crippen LogP contribution in [-0.2, 0) is 0 Å². The van der Waals surface area contributed by atoms with Gasteiger partial charge in [0.25, 0.3) is 0 Å². The standard InChI is InChI=1S/C15H22N2O4/c1-19-11-2-3-13-14(8-11)20-10-15(21-13)12(18)9-17-6-4-16-5-7-17/h2-3,8,12,15-16,18H,4-7,9-10H2,1H3. The summed E-state index contributed by atoms with van der Waals surface area (Å²) in [6, 6.07) is 5.44. The van der Waals surface area contributed by atoms with E-state index in [-0.39, 0.29) is 6.10 Å². The van der Waals surface area contributed by atoms with E-state index in [2.05, 4.69) is 10.2 Å². The molecule has 1 fully saturated rings. The largest absolute Gasteiger partial charge is 0.497 e. The van der Waals surface area contributed by atoms with Crippen LogP contribution in [0.15, 0.2) is 18.2 Å². The highest BCUT2D eigenvalue weighted by Crippen LogP contribution is 2.35. The summed E-state index contributed by atoms with van der Waals surface area (Å²) < 4.78 is 16.7. The van der Waals surface area contributed by atoms with Crippen molar-refractivity contribution in [3.8, 4) is 17.2 Å². The van der Waals surface area contributed by atoms with Crippen LogP contribution in [0.25, 0.3) is 0 Å². The zero-order valence-corrected chi connectivity index (χ0v) is 12.2. The molecule has 0 saturated carbocycles. The monoisotopic (exact) mass is 294 g/mol. The van der Waals surface area contributed by atoms with Gasteiger partial charge in [0, 0.05) is 38.8 Å². The Morgan fingerprint density at radius 3 is 2.95 bits per heavy atom. The summed E-state index contributed by atoms with van der Waals surface area (Å²) in [5.74, 6) is 2.06. The average Bonchev–Trinajstić information content (AvgIpc) is 2.54. The normalized spacial score (nSPS) is 23.6. The second-order valence-corrected chi connectivity index (χ2v) is 5.40. The molecule has 21 heavy (non-hydrogen) atoms. The molecule has 2 unspecified atom stereocenters. The number of rotatable bonds is 4. The molecule has 0 aromatic heterocycles. The summed E-state index contributed by atoms with van der Waals surface area (Å²) in [6.07, 6.45) is -0.890. The van der Waals surface area contributed by atoms with Crippen molar-refractivity contribution < 1.29 is 19.3 Å². The summed E-state index contributed by atoms with van der Waals surface area (Å²) in [7, 11) is 1.62. The summed E-state index contributed by atoms with van der Waals surface area (Å²) in [4.78, 5) is 2.24. The lowest BCUT2D eigenvalue weighted by atomic mass is 10.1. The molecular formula is C15H22N2O4. The Hall–Kier alpha value is -1.50. The molecule has 0 aliphatic carbocycles. The maximum atomic E-state index is 10.4. The first-order valence-electron chi connectivity index (χ1n) is 7.35. The van der Waals surface area contributed by atoms with Gasteiger partial charge in [0.1, 0.15) is 18.5 Å². The van der Waals surface area contributed by atoms with Crippen LogP contribution in [0.2, 0.25) is 0 Å². The van der Waals surface area contributed by atoms with Crippen molar-refractivity contribution in [2.24, 2.45) is 0 Å². The van der Waals surface area contributed by atoms with Crippen LogP contribution in [-0.4, -0.2) is 68.7 Å². The number of piperazine rings is 1. The molecule has 3 rings (SSSR count). The fourth-order valence-electron chi connectivity index (χ4n) is 2.66. The Bertz CT molecular complexity index is 477. The molecule has 6 nitrogen and oxygen atoms in total. The van der Waals surface area contributed by atoms with Gasteiger partial charge in [0.15, 0.2) is 17.6 Å². The first-order valence-corrected chi connectivity index (χ1v) is 7.35. The molecule has 116 valence electrons. The summed E-state index contributed by atoms with van der Waals surface area (Å²) in [5.41, 5.74) is 0. The Morgan fingerprint density at radius 2 is 2.19 bits per heavy atom. The minimum atomic E-state index is -0.557. The van der Waals surface area contributed by atoms with Gasteiger partial charge in [-0.05, 0) is 12.1 Å². The number of aliphatic hydroxyl groups is 1. The van der Waals surface area contributed by atoms with Gasteiger partial charge in [-0.15, -0.1) is 0 Å². The number of hydrogen-bond acceptors (Lipinski definition) is 6. The van der Waals surface area contributed by atoms with Crippen molar-refractivity contribution in [3.05, 3.63) is 18.2 Å². The highest BCUT2D eigenvalue weighted by molar-refractivity contribution is 5.46.